The second-order valence-electron chi connectivity index (χ2n) is 2.43. The van der Waals surface area contributed by atoms with E-state index in [1.165, 1.54) is 12.4 Å². The van der Waals surface area contributed by atoms with E-state index in [0.717, 1.165) is 4.52 Å². The zero-order valence-corrected chi connectivity index (χ0v) is 8.04. The summed E-state index contributed by atoms with van der Waals surface area (Å²) < 4.78 is 37.9. The lowest BCUT2D eigenvalue weighted by Crippen LogP contribution is -2.07. The van der Waals surface area contributed by atoms with Gasteiger partial charge in [0.25, 0.3) is 5.82 Å². The maximum Gasteiger partial charge on any atom is 0.453 e. The Bertz CT molecular complexity index is 477. The van der Waals surface area contributed by atoms with Crippen molar-refractivity contribution in [3.05, 3.63) is 22.8 Å². The van der Waals surface area contributed by atoms with Crippen molar-refractivity contribution in [2.45, 2.75) is 6.18 Å². The molecule has 0 N–H and O–H groups in total. The standard InChI is InChI=1S/C6H2BrF3N4/c7-3-1-11-2-4-12-5(6(8,9)10)13-14(3)4/h1-2H. The van der Waals surface area contributed by atoms with Gasteiger partial charge in [0.05, 0.1) is 12.4 Å². The van der Waals surface area contributed by atoms with Gasteiger partial charge in [-0.1, -0.05) is 0 Å². The lowest BCUT2D eigenvalue weighted by molar-refractivity contribution is -0.144. The molecule has 0 radical (unpaired) electrons. The lowest BCUT2D eigenvalue weighted by atomic mass is 10.6. The highest BCUT2D eigenvalue weighted by Gasteiger charge is 2.36. The zero-order chi connectivity index (χ0) is 10.3. The molecule has 2 rings (SSSR count). The van der Waals surface area contributed by atoms with Crippen molar-refractivity contribution in [2.75, 3.05) is 0 Å². The van der Waals surface area contributed by atoms with Gasteiger partial charge in [-0.3, -0.25) is 4.98 Å². The summed E-state index contributed by atoms with van der Waals surface area (Å²) in [5, 5.41) is 3.28. The summed E-state index contributed by atoms with van der Waals surface area (Å²) in [4.78, 5) is 6.95. The maximum absolute atomic E-state index is 12.2. The average Bonchev–Trinajstić information content (AvgIpc) is 2.48. The molecule has 0 aliphatic carbocycles. The fourth-order valence-corrected chi connectivity index (χ4v) is 1.28. The van der Waals surface area contributed by atoms with E-state index >= 15 is 0 Å². The first-order valence-electron chi connectivity index (χ1n) is 3.42. The van der Waals surface area contributed by atoms with E-state index in [4.69, 9.17) is 0 Å². The van der Waals surface area contributed by atoms with Gasteiger partial charge in [0, 0.05) is 0 Å². The van der Waals surface area contributed by atoms with Crippen LogP contribution in [0.15, 0.2) is 17.0 Å². The summed E-state index contributed by atoms with van der Waals surface area (Å²) in [7, 11) is 0. The largest absolute Gasteiger partial charge is 0.453 e. The van der Waals surface area contributed by atoms with Gasteiger partial charge >= 0.3 is 6.18 Å². The van der Waals surface area contributed by atoms with Crippen LogP contribution in [0.4, 0.5) is 13.2 Å². The van der Waals surface area contributed by atoms with E-state index in [9.17, 15) is 13.2 Å². The number of aromatic nitrogens is 4. The second-order valence-corrected chi connectivity index (χ2v) is 3.25. The molecule has 8 heteroatoms. The number of nitrogens with zero attached hydrogens (tertiary/aromatic N) is 4. The molecular formula is C6H2BrF3N4. The minimum Gasteiger partial charge on any atom is -0.258 e. The molecule has 4 nitrogen and oxygen atoms in total. The molecule has 0 amide bonds. The molecule has 0 aliphatic rings. The third-order valence-electron chi connectivity index (χ3n) is 1.46. The number of halogens is 4. The lowest BCUT2D eigenvalue weighted by Gasteiger charge is -1.97. The van der Waals surface area contributed by atoms with Crippen LogP contribution in [-0.2, 0) is 6.18 Å². The van der Waals surface area contributed by atoms with Crippen LogP contribution in [-0.4, -0.2) is 19.6 Å². The molecule has 2 heterocycles. The fraction of sp³-hybridized carbons (Fsp3) is 0.167. The van der Waals surface area contributed by atoms with Gasteiger partial charge < -0.3 is 0 Å². The molecule has 0 aromatic carbocycles. The Morgan fingerprint density at radius 1 is 1.29 bits per heavy atom. The molecule has 2 aromatic rings. The summed E-state index contributed by atoms with van der Waals surface area (Å²) in [5.41, 5.74) is 0.0479. The van der Waals surface area contributed by atoms with Crippen LogP contribution in [0, 0.1) is 0 Å². The summed E-state index contributed by atoms with van der Waals surface area (Å²) in [6, 6.07) is 0. The Labute approximate surface area is 83.9 Å². The Hall–Kier alpha value is -1.18. The van der Waals surface area contributed by atoms with Crippen molar-refractivity contribution in [3.8, 4) is 0 Å². The number of rotatable bonds is 0. The Kier molecular flexibility index (Phi) is 1.95. The topological polar surface area (TPSA) is 43.1 Å². The average molecular weight is 267 g/mol. The van der Waals surface area contributed by atoms with Gasteiger partial charge in [0.15, 0.2) is 5.65 Å². The van der Waals surface area contributed by atoms with Crippen molar-refractivity contribution in [3.63, 3.8) is 0 Å². The van der Waals surface area contributed by atoms with Crippen LogP contribution in [0.5, 0.6) is 0 Å². The van der Waals surface area contributed by atoms with Crippen molar-refractivity contribution in [1.29, 1.82) is 0 Å². The Morgan fingerprint density at radius 2 is 2.00 bits per heavy atom. The van der Waals surface area contributed by atoms with Crippen LogP contribution in [0.2, 0.25) is 0 Å². The van der Waals surface area contributed by atoms with E-state index in [1.807, 2.05) is 0 Å². The zero-order valence-electron chi connectivity index (χ0n) is 6.46. The molecule has 2 aromatic heterocycles. The first kappa shape index (κ1) is 9.38. The molecule has 0 aliphatic heterocycles. The van der Waals surface area contributed by atoms with Crippen molar-refractivity contribution >= 4 is 21.6 Å². The van der Waals surface area contributed by atoms with Gasteiger partial charge in [-0.25, -0.2) is 9.50 Å². The molecule has 14 heavy (non-hydrogen) atoms. The highest BCUT2D eigenvalue weighted by atomic mass is 79.9. The Morgan fingerprint density at radius 3 is 2.57 bits per heavy atom. The van der Waals surface area contributed by atoms with Gasteiger partial charge in [-0.2, -0.15) is 13.2 Å². The van der Waals surface area contributed by atoms with E-state index < -0.39 is 12.0 Å². The first-order valence-corrected chi connectivity index (χ1v) is 4.21. The number of hydrogen-bond donors (Lipinski definition) is 0. The smallest absolute Gasteiger partial charge is 0.258 e. The number of fused-ring (bicyclic) bond motifs is 1. The molecular weight excluding hydrogens is 265 g/mol. The number of alkyl halides is 3. The predicted octanol–water partition coefficient (Wildman–Crippen LogP) is 1.91. The Balaban J connectivity index is 2.69. The van der Waals surface area contributed by atoms with Gasteiger partial charge in [-0.05, 0) is 15.9 Å². The van der Waals surface area contributed by atoms with E-state index in [-0.39, 0.29) is 5.65 Å². The number of hydrogen-bond acceptors (Lipinski definition) is 3. The van der Waals surface area contributed by atoms with Gasteiger partial charge in [-0.15, -0.1) is 5.10 Å². The van der Waals surface area contributed by atoms with Crippen molar-refractivity contribution in [1.82, 2.24) is 19.6 Å². The summed E-state index contributed by atoms with van der Waals surface area (Å²) in [5.74, 6) is -1.17. The molecule has 0 bridgehead atoms. The van der Waals surface area contributed by atoms with Crippen molar-refractivity contribution < 1.29 is 13.2 Å². The highest BCUT2D eigenvalue weighted by molar-refractivity contribution is 9.10. The molecule has 0 atom stereocenters. The monoisotopic (exact) mass is 266 g/mol. The predicted molar refractivity (Wildman–Crippen MR) is 43.5 cm³/mol. The molecule has 0 unspecified atom stereocenters. The minimum atomic E-state index is -4.54. The van der Waals surface area contributed by atoms with Crippen LogP contribution in [0.1, 0.15) is 5.82 Å². The third kappa shape index (κ3) is 1.45. The normalized spacial score (nSPS) is 12.3. The van der Waals surface area contributed by atoms with E-state index in [1.54, 1.807) is 0 Å². The maximum atomic E-state index is 12.2. The fourth-order valence-electron chi connectivity index (χ4n) is 0.905. The van der Waals surface area contributed by atoms with E-state index in [2.05, 4.69) is 31.0 Å². The molecule has 0 spiro atoms. The minimum absolute atomic E-state index is 0.0479. The molecule has 0 fully saturated rings. The van der Waals surface area contributed by atoms with Crippen LogP contribution >= 0.6 is 15.9 Å². The quantitative estimate of drug-likeness (QED) is 0.732. The van der Waals surface area contributed by atoms with Crippen LogP contribution < -0.4 is 0 Å². The molecule has 74 valence electrons. The van der Waals surface area contributed by atoms with Crippen molar-refractivity contribution in [2.24, 2.45) is 0 Å². The van der Waals surface area contributed by atoms with Gasteiger partial charge in [0.2, 0.25) is 0 Å². The molecule has 0 saturated heterocycles. The highest BCUT2D eigenvalue weighted by Crippen LogP contribution is 2.26. The van der Waals surface area contributed by atoms with Crippen LogP contribution in [0.25, 0.3) is 5.65 Å². The summed E-state index contributed by atoms with van der Waals surface area (Å²) >= 11 is 3.01. The molecule has 0 saturated carbocycles. The SMILES string of the molecule is FC(F)(F)c1nc2cncc(Br)n2n1. The summed E-state index contributed by atoms with van der Waals surface area (Å²) in [6.07, 6.45) is -2.00. The second kappa shape index (κ2) is 2.91. The van der Waals surface area contributed by atoms with Crippen LogP contribution in [0.3, 0.4) is 0 Å². The van der Waals surface area contributed by atoms with E-state index in [0.29, 0.717) is 4.60 Å². The van der Waals surface area contributed by atoms with Gasteiger partial charge in [0.1, 0.15) is 4.60 Å². The third-order valence-corrected chi connectivity index (χ3v) is 2.00. The first-order chi connectivity index (χ1) is 6.48. The summed E-state index contributed by atoms with van der Waals surface area (Å²) in [6.45, 7) is 0.